The highest BCUT2D eigenvalue weighted by Crippen LogP contribution is 2.32. The zero-order chi connectivity index (χ0) is 22.7. The molecule has 2 heterocycles. The number of carbonyl (C=O) groups excluding carboxylic acids is 1. The second-order valence-corrected chi connectivity index (χ2v) is 9.25. The van der Waals surface area contributed by atoms with E-state index in [4.69, 9.17) is 13.9 Å². The van der Waals surface area contributed by atoms with Gasteiger partial charge in [0.25, 0.3) is 5.91 Å². The smallest absolute Gasteiger partial charge is 0.252 e. The predicted octanol–water partition coefficient (Wildman–Crippen LogP) is 3.33. The number of benzene rings is 2. The first kappa shape index (κ1) is 21.9. The van der Waals surface area contributed by atoms with Crippen molar-refractivity contribution in [1.82, 2.24) is 10.0 Å². The number of rotatable bonds is 7. The van der Waals surface area contributed by atoms with Gasteiger partial charge in [-0.15, -0.1) is 0 Å². The van der Waals surface area contributed by atoms with Gasteiger partial charge in [0.15, 0.2) is 11.5 Å². The van der Waals surface area contributed by atoms with E-state index in [1.165, 1.54) is 18.4 Å². The van der Waals surface area contributed by atoms with Crippen LogP contribution in [0.5, 0.6) is 11.5 Å². The Kier molecular flexibility index (Phi) is 6.20. The van der Waals surface area contributed by atoms with Crippen LogP contribution in [0.1, 0.15) is 40.2 Å². The number of nitrogens with one attached hydrogen (secondary N) is 2. The fourth-order valence-corrected chi connectivity index (χ4v) is 4.38. The summed E-state index contributed by atoms with van der Waals surface area (Å²) >= 11 is 0. The first-order chi connectivity index (χ1) is 15.3. The fourth-order valence-electron chi connectivity index (χ4n) is 3.36. The molecule has 0 radical (unpaired) electrons. The van der Waals surface area contributed by atoms with Crippen LogP contribution in [0.25, 0.3) is 0 Å². The molecule has 2 aromatic carbocycles. The Balaban J connectivity index is 1.49. The van der Waals surface area contributed by atoms with Gasteiger partial charge in [-0.1, -0.05) is 12.1 Å². The predicted molar refractivity (Wildman–Crippen MR) is 117 cm³/mol. The molecule has 0 saturated carbocycles. The van der Waals surface area contributed by atoms with Crippen LogP contribution in [0.4, 0.5) is 0 Å². The highest BCUT2D eigenvalue weighted by Gasteiger charge is 2.21. The van der Waals surface area contributed by atoms with Gasteiger partial charge < -0.3 is 19.2 Å². The lowest BCUT2D eigenvalue weighted by atomic mass is 10.0. The van der Waals surface area contributed by atoms with E-state index in [-0.39, 0.29) is 29.0 Å². The lowest BCUT2D eigenvalue weighted by Crippen LogP contribution is -2.28. The molecule has 1 atom stereocenters. The van der Waals surface area contributed by atoms with Gasteiger partial charge in [-0.05, 0) is 61.4 Å². The molecular formula is C23H24N2O6S. The van der Waals surface area contributed by atoms with E-state index in [0.29, 0.717) is 36.0 Å². The minimum absolute atomic E-state index is 0.00629. The van der Waals surface area contributed by atoms with Crippen LogP contribution < -0.4 is 19.5 Å². The quantitative estimate of drug-likeness (QED) is 0.565. The Hall–Kier alpha value is -3.30. The number of carbonyl (C=O) groups is 1. The van der Waals surface area contributed by atoms with Gasteiger partial charge in [0.2, 0.25) is 10.0 Å². The average Bonchev–Trinajstić information content (AvgIpc) is 3.31. The van der Waals surface area contributed by atoms with Crippen molar-refractivity contribution in [3.05, 3.63) is 77.2 Å². The molecule has 0 aliphatic carbocycles. The van der Waals surface area contributed by atoms with Crippen molar-refractivity contribution in [3.8, 4) is 11.5 Å². The maximum Gasteiger partial charge on any atom is 0.252 e. The van der Waals surface area contributed by atoms with Gasteiger partial charge in [0.1, 0.15) is 19.0 Å². The number of hydrogen-bond acceptors (Lipinski definition) is 6. The molecule has 0 fully saturated rings. The highest BCUT2D eigenvalue weighted by atomic mass is 32.2. The summed E-state index contributed by atoms with van der Waals surface area (Å²) in [7, 11) is -3.82. The average molecular weight is 457 g/mol. The first-order valence-electron chi connectivity index (χ1n) is 10.2. The summed E-state index contributed by atoms with van der Waals surface area (Å²) in [6.07, 6.45) is 1.47. The molecule has 2 N–H and O–H groups in total. The summed E-state index contributed by atoms with van der Waals surface area (Å²) in [4.78, 5) is 13.0. The molecule has 3 aromatic rings. The SMILES string of the molecule is Cc1ccc(S(=O)(=O)NCc2ccco2)cc1C(=O)NC(C)c1ccc2c(c1)OCCO2. The van der Waals surface area contributed by atoms with Crippen molar-refractivity contribution in [2.24, 2.45) is 0 Å². The van der Waals surface area contributed by atoms with Crippen molar-refractivity contribution < 1.29 is 27.1 Å². The van der Waals surface area contributed by atoms with E-state index in [2.05, 4.69) is 10.0 Å². The zero-order valence-electron chi connectivity index (χ0n) is 17.8. The third-order valence-corrected chi connectivity index (χ3v) is 6.59. The molecule has 1 unspecified atom stereocenters. The number of hydrogen-bond donors (Lipinski definition) is 2. The van der Waals surface area contributed by atoms with Crippen LogP contribution >= 0.6 is 0 Å². The maximum absolute atomic E-state index is 13.0. The van der Waals surface area contributed by atoms with Crippen LogP contribution in [0.2, 0.25) is 0 Å². The van der Waals surface area contributed by atoms with Gasteiger partial charge in [-0.3, -0.25) is 4.79 Å². The largest absolute Gasteiger partial charge is 0.486 e. The molecular weight excluding hydrogens is 432 g/mol. The third-order valence-electron chi connectivity index (χ3n) is 5.19. The molecule has 0 saturated heterocycles. The highest BCUT2D eigenvalue weighted by molar-refractivity contribution is 7.89. The number of furan rings is 1. The number of fused-ring (bicyclic) bond motifs is 1. The molecule has 1 aromatic heterocycles. The van der Waals surface area contributed by atoms with Gasteiger partial charge in [-0.25, -0.2) is 13.1 Å². The van der Waals surface area contributed by atoms with Crippen LogP contribution in [-0.2, 0) is 16.6 Å². The van der Waals surface area contributed by atoms with E-state index in [1.54, 1.807) is 25.1 Å². The summed E-state index contributed by atoms with van der Waals surface area (Å²) < 4.78 is 44.1. The molecule has 1 amide bonds. The number of ether oxygens (including phenoxy) is 2. The minimum atomic E-state index is -3.82. The summed E-state index contributed by atoms with van der Waals surface area (Å²) in [5.74, 6) is 1.44. The lowest BCUT2D eigenvalue weighted by molar-refractivity contribution is 0.0939. The van der Waals surface area contributed by atoms with Gasteiger partial charge in [0, 0.05) is 5.56 Å². The van der Waals surface area contributed by atoms with E-state index in [9.17, 15) is 13.2 Å². The second kappa shape index (κ2) is 9.05. The molecule has 1 aliphatic heterocycles. The topological polar surface area (TPSA) is 107 Å². The van der Waals surface area contributed by atoms with Crippen molar-refractivity contribution >= 4 is 15.9 Å². The molecule has 0 spiro atoms. The molecule has 0 bridgehead atoms. The Bertz CT molecular complexity index is 1220. The van der Waals surface area contributed by atoms with Crippen molar-refractivity contribution in [3.63, 3.8) is 0 Å². The summed E-state index contributed by atoms with van der Waals surface area (Å²) in [5, 5.41) is 2.93. The normalized spacial score (nSPS) is 14.1. The standard InChI is InChI=1S/C23H24N2O6S/c1-15-5-7-19(32(27,28)24-14-18-4-3-9-29-18)13-20(15)23(26)25-16(2)17-6-8-21-22(12-17)31-11-10-30-21/h3-9,12-13,16,24H,10-11,14H2,1-2H3,(H,25,26). The van der Waals surface area contributed by atoms with Crippen molar-refractivity contribution in [1.29, 1.82) is 0 Å². The van der Waals surface area contributed by atoms with E-state index in [1.807, 2.05) is 25.1 Å². The van der Waals surface area contributed by atoms with E-state index < -0.39 is 10.0 Å². The number of aryl methyl sites for hydroxylation is 1. The Morgan fingerprint density at radius 2 is 1.84 bits per heavy atom. The van der Waals surface area contributed by atoms with Gasteiger partial charge in [0.05, 0.1) is 23.7 Å². The van der Waals surface area contributed by atoms with E-state index in [0.717, 1.165) is 5.56 Å². The molecule has 1 aliphatic rings. The lowest BCUT2D eigenvalue weighted by Gasteiger charge is -2.21. The number of sulfonamides is 1. The fraction of sp³-hybridized carbons (Fsp3) is 0.261. The van der Waals surface area contributed by atoms with Crippen LogP contribution in [0.15, 0.2) is 64.1 Å². The Morgan fingerprint density at radius 3 is 2.59 bits per heavy atom. The van der Waals surface area contributed by atoms with Crippen LogP contribution in [0, 0.1) is 6.92 Å². The molecule has 168 valence electrons. The molecule has 8 nitrogen and oxygen atoms in total. The monoisotopic (exact) mass is 456 g/mol. The second-order valence-electron chi connectivity index (χ2n) is 7.48. The first-order valence-corrected chi connectivity index (χ1v) is 11.6. The molecule has 32 heavy (non-hydrogen) atoms. The van der Waals surface area contributed by atoms with Crippen LogP contribution in [0.3, 0.4) is 0 Å². The van der Waals surface area contributed by atoms with Crippen molar-refractivity contribution in [2.45, 2.75) is 31.3 Å². The van der Waals surface area contributed by atoms with Crippen molar-refractivity contribution in [2.75, 3.05) is 13.2 Å². The maximum atomic E-state index is 13.0. The summed E-state index contributed by atoms with van der Waals surface area (Å²) in [6.45, 7) is 4.62. The Labute approximate surface area is 186 Å². The van der Waals surface area contributed by atoms with E-state index >= 15 is 0 Å². The van der Waals surface area contributed by atoms with Gasteiger partial charge in [-0.2, -0.15) is 0 Å². The Morgan fingerprint density at radius 1 is 1.06 bits per heavy atom. The minimum Gasteiger partial charge on any atom is -0.486 e. The van der Waals surface area contributed by atoms with Gasteiger partial charge >= 0.3 is 0 Å². The third kappa shape index (κ3) is 4.79. The zero-order valence-corrected chi connectivity index (χ0v) is 18.6. The summed E-state index contributed by atoms with van der Waals surface area (Å²) in [5.41, 5.74) is 1.81. The molecule has 4 rings (SSSR count). The molecule has 9 heteroatoms. The summed E-state index contributed by atoms with van der Waals surface area (Å²) in [6, 6.07) is 13.0. The van der Waals surface area contributed by atoms with Crippen LogP contribution in [-0.4, -0.2) is 27.5 Å². The number of amides is 1.